The molecule has 0 radical (unpaired) electrons. The Morgan fingerprint density at radius 1 is 1.67 bits per heavy atom. The highest BCUT2D eigenvalue weighted by atomic mass is 16.1. The zero-order chi connectivity index (χ0) is 6.69. The van der Waals surface area contributed by atoms with Gasteiger partial charge in [0, 0.05) is 6.42 Å². The van der Waals surface area contributed by atoms with Gasteiger partial charge in [0.05, 0.1) is 6.21 Å². The summed E-state index contributed by atoms with van der Waals surface area (Å²) in [5.41, 5.74) is 5.19. The van der Waals surface area contributed by atoms with E-state index in [2.05, 4.69) is 9.98 Å². The van der Waals surface area contributed by atoms with Gasteiger partial charge in [-0.05, 0) is 6.54 Å². The summed E-state index contributed by atoms with van der Waals surface area (Å²) in [6, 6.07) is 0. The molecule has 0 aliphatic carbocycles. The van der Waals surface area contributed by atoms with Crippen molar-refractivity contribution in [3.63, 3.8) is 0 Å². The van der Waals surface area contributed by atoms with Gasteiger partial charge in [0.25, 0.3) is 5.91 Å². The number of amides is 1. The summed E-state index contributed by atoms with van der Waals surface area (Å²) in [4.78, 5) is 17.6. The zero-order valence-corrected chi connectivity index (χ0v) is 4.87. The fourth-order valence-corrected chi connectivity index (χ4v) is 0.564. The molecule has 0 saturated carbocycles. The maximum Gasteiger partial charge on any atom is 0.289 e. The lowest BCUT2D eigenvalue weighted by Gasteiger charge is -1.87. The topological polar surface area (TPSA) is 67.8 Å². The highest BCUT2D eigenvalue weighted by Crippen LogP contribution is 1.93. The highest BCUT2D eigenvalue weighted by molar-refractivity contribution is 6.34. The fraction of sp³-hybridized carbons (Fsp3) is 0.400. The van der Waals surface area contributed by atoms with Crippen LogP contribution in [0.2, 0.25) is 0 Å². The Morgan fingerprint density at radius 2 is 2.44 bits per heavy atom. The van der Waals surface area contributed by atoms with Gasteiger partial charge >= 0.3 is 0 Å². The first-order valence-corrected chi connectivity index (χ1v) is 2.68. The van der Waals surface area contributed by atoms with Crippen LogP contribution in [0, 0.1) is 0 Å². The van der Waals surface area contributed by atoms with E-state index in [1.54, 1.807) is 0 Å². The van der Waals surface area contributed by atoms with E-state index in [1.165, 1.54) is 6.21 Å². The number of carbonyl (C=O) groups excluding carboxylic acids is 1. The quantitative estimate of drug-likeness (QED) is 0.532. The average molecular weight is 125 g/mol. The Hall–Kier alpha value is -1.03. The first-order valence-electron chi connectivity index (χ1n) is 2.68. The molecule has 0 unspecified atom stereocenters. The van der Waals surface area contributed by atoms with Gasteiger partial charge in [-0.3, -0.25) is 4.79 Å². The number of rotatable bonds is 2. The summed E-state index contributed by atoms with van der Waals surface area (Å²) in [5, 5.41) is 0. The third-order valence-electron chi connectivity index (χ3n) is 0.931. The number of hydrogen-bond acceptors (Lipinski definition) is 3. The molecule has 0 aromatic carbocycles. The third-order valence-corrected chi connectivity index (χ3v) is 0.931. The van der Waals surface area contributed by atoms with Crippen LogP contribution in [0.5, 0.6) is 0 Å². The molecule has 4 heteroatoms. The molecule has 0 bridgehead atoms. The predicted octanol–water partition coefficient (Wildman–Crippen LogP) is -0.655. The normalized spacial score (nSPS) is 16.6. The van der Waals surface area contributed by atoms with Crippen molar-refractivity contribution >= 4 is 18.0 Å². The van der Waals surface area contributed by atoms with Crippen molar-refractivity contribution < 1.29 is 4.79 Å². The second-order valence-corrected chi connectivity index (χ2v) is 1.66. The SMILES string of the molecule is NCCC1=NC(=O)C=N1. The number of hydrogen-bond donors (Lipinski definition) is 1. The first-order chi connectivity index (χ1) is 4.33. The molecule has 4 nitrogen and oxygen atoms in total. The van der Waals surface area contributed by atoms with E-state index >= 15 is 0 Å². The molecule has 0 fully saturated rings. The van der Waals surface area contributed by atoms with Crippen LogP contribution in [0.25, 0.3) is 0 Å². The molecule has 48 valence electrons. The molecule has 1 heterocycles. The lowest BCUT2D eigenvalue weighted by Crippen LogP contribution is -2.04. The molecule has 1 aliphatic rings. The van der Waals surface area contributed by atoms with Crippen molar-refractivity contribution in [1.29, 1.82) is 0 Å². The van der Waals surface area contributed by atoms with E-state index in [0.717, 1.165) is 0 Å². The van der Waals surface area contributed by atoms with E-state index in [-0.39, 0.29) is 5.91 Å². The Morgan fingerprint density at radius 3 is 2.89 bits per heavy atom. The number of nitrogens with zero attached hydrogens (tertiary/aromatic N) is 2. The van der Waals surface area contributed by atoms with Crippen LogP contribution < -0.4 is 5.73 Å². The standard InChI is InChI=1S/C5H7N3O/c6-2-1-4-7-3-5(9)8-4/h3H,1-2,6H2. The largest absolute Gasteiger partial charge is 0.330 e. The van der Waals surface area contributed by atoms with Gasteiger partial charge in [0.15, 0.2) is 0 Å². The number of nitrogens with two attached hydrogens (primary N) is 1. The lowest BCUT2D eigenvalue weighted by atomic mass is 10.4. The Bertz CT molecular complexity index is 183. The summed E-state index contributed by atoms with van der Waals surface area (Å²) < 4.78 is 0. The molecular weight excluding hydrogens is 118 g/mol. The van der Waals surface area contributed by atoms with Crippen molar-refractivity contribution in [2.24, 2.45) is 15.7 Å². The minimum Gasteiger partial charge on any atom is -0.330 e. The van der Waals surface area contributed by atoms with Gasteiger partial charge < -0.3 is 5.73 Å². The van der Waals surface area contributed by atoms with Crippen LogP contribution in [0.4, 0.5) is 0 Å². The minimum absolute atomic E-state index is 0.279. The van der Waals surface area contributed by atoms with E-state index in [1.807, 2.05) is 0 Å². The van der Waals surface area contributed by atoms with E-state index in [4.69, 9.17) is 5.73 Å². The molecule has 2 N–H and O–H groups in total. The van der Waals surface area contributed by atoms with Crippen molar-refractivity contribution in [2.75, 3.05) is 6.54 Å². The molecule has 0 aromatic heterocycles. The molecule has 9 heavy (non-hydrogen) atoms. The summed E-state index contributed by atoms with van der Waals surface area (Å²) in [6.07, 6.45) is 1.78. The predicted molar refractivity (Wildman–Crippen MR) is 34.6 cm³/mol. The molecule has 1 aliphatic heterocycles. The maximum atomic E-state index is 10.4. The van der Waals surface area contributed by atoms with Crippen LogP contribution in [-0.2, 0) is 4.79 Å². The van der Waals surface area contributed by atoms with E-state index in [9.17, 15) is 4.79 Å². The van der Waals surface area contributed by atoms with Crippen molar-refractivity contribution in [1.82, 2.24) is 0 Å². The molecule has 1 rings (SSSR count). The lowest BCUT2D eigenvalue weighted by molar-refractivity contribution is -0.111. The smallest absolute Gasteiger partial charge is 0.289 e. The average Bonchev–Trinajstić information content (AvgIpc) is 2.17. The summed E-state index contributed by atoms with van der Waals surface area (Å²) in [5.74, 6) is 0.265. The van der Waals surface area contributed by atoms with E-state index < -0.39 is 0 Å². The summed E-state index contributed by atoms with van der Waals surface area (Å²) in [7, 11) is 0. The van der Waals surface area contributed by atoms with Crippen molar-refractivity contribution in [3.05, 3.63) is 0 Å². The van der Waals surface area contributed by atoms with Crippen LogP contribution >= 0.6 is 0 Å². The summed E-state index contributed by atoms with van der Waals surface area (Å²) >= 11 is 0. The minimum atomic E-state index is -0.279. The van der Waals surface area contributed by atoms with Gasteiger partial charge in [-0.2, -0.15) is 4.99 Å². The summed E-state index contributed by atoms with van der Waals surface area (Å²) in [6.45, 7) is 0.490. The van der Waals surface area contributed by atoms with Gasteiger partial charge in [-0.25, -0.2) is 4.99 Å². The van der Waals surface area contributed by atoms with Crippen molar-refractivity contribution in [3.8, 4) is 0 Å². The number of amidine groups is 1. The van der Waals surface area contributed by atoms with Crippen LogP contribution in [0.3, 0.4) is 0 Å². The van der Waals surface area contributed by atoms with Gasteiger partial charge in [0.1, 0.15) is 5.84 Å². The molecule has 0 saturated heterocycles. The van der Waals surface area contributed by atoms with Gasteiger partial charge in [0.2, 0.25) is 0 Å². The number of carbonyl (C=O) groups is 1. The first kappa shape index (κ1) is 6.10. The number of aliphatic imine (C=N–C) groups is 2. The second kappa shape index (κ2) is 2.50. The monoisotopic (exact) mass is 125 g/mol. The Balaban J connectivity index is 2.53. The van der Waals surface area contributed by atoms with Crippen LogP contribution in [0.15, 0.2) is 9.98 Å². The molecular formula is C5H7N3O. The molecule has 1 amide bonds. The van der Waals surface area contributed by atoms with Gasteiger partial charge in [-0.15, -0.1) is 0 Å². The Kier molecular flexibility index (Phi) is 1.69. The molecule has 0 aromatic rings. The van der Waals surface area contributed by atoms with Crippen molar-refractivity contribution in [2.45, 2.75) is 6.42 Å². The van der Waals surface area contributed by atoms with Gasteiger partial charge in [-0.1, -0.05) is 0 Å². The molecule has 0 atom stereocenters. The zero-order valence-electron chi connectivity index (χ0n) is 4.87. The highest BCUT2D eigenvalue weighted by Gasteiger charge is 2.05. The second-order valence-electron chi connectivity index (χ2n) is 1.66. The third kappa shape index (κ3) is 1.43. The fourth-order valence-electron chi connectivity index (χ4n) is 0.564. The maximum absolute atomic E-state index is 10.4. The van der Waals surface area contributed by atoms with Crippen LogP contribution in [0.1, 0.15) is 6.42 Å². The van der Waals surface area contributed by atoms with Crippen LogP contribution in [-0.4, -0.2) is 24.5 Å². The Labute approximate surface area is 52.5 Å². The molecule has 0 spiro atoms. The van der Waals surface area contributed by atoms with E-state index in [0.29, 0.717) is 18.8 Å².